The molecule has 1 amide bonds. The highest BCUT2D eigenvalue weighted by molar-refractivity contribution is 5.76. The van der Waals surface area contributed by atoms with Gasteiger partial charge in [-0.05, 0) is 42.0 Å². The van der Waals surface area contributed by atoms with E-state index >= 15 is 0 Å². The number of halogens is 1. The molecule has 1 aliphatic heterocycles. The van der Waals surface area contributed by atoms with Crippen molar-refractivity contribution >= 4 is 5.91 Å². The molecule has 0 spiro atoms. The van der Waals surface area contributed by atoms with Crippen molar-refractivity contribution in [3.63, 3.8) is 0 Å². The predicted octanol–water partition coefficient (Wildman–Crippen LogP) is 3.15. The molecule has 0 atom stereocenters. The average molecular weight is 394 g/mol. The molecule has 0 bridgehead atoms. The first kappa shape index (κ1) is 19.3. The lowest BCUT2D eigenvalue weighted by molar-refractivity contribution is -0.133. The molecule has 1 fully saturated rings. The van der Waals surface area contributed by atoms with Gasteiger partial charge in [0.25, 0.3) is 0 Å². The Hall–Kier alpha value is -3.06. The van der Waals surface area contributed by atoms with Crippen LogP contribution in [0.2, 0.25) is 0 Å². The van der Waals surface area contributed by atoms with Gasteiger partial charge in [-0.15, -0.1) is 0 Å². The topological polar surface area (TPSA) is 62.5 Å². The summed E-state index contributed by atoms with van der Waals surface area (Å²) < 4.78 is 18.7. The molecule has 7 heteroatoms. The fraction of sp³-hybridized carbons (Fsp3) is 0.318. The standard InChI is InChI=1S/C22H23FN4O2/c23-19-3-1-18(2-4-19)20-15-25-21(29-20)5-6-22(28)27-13-11-26(12-14-27)16-17-7-9-24-10-8-17/h1-4,7-10,15H,5-6,11-14,16H2. The summed E-state index contributed by atoms with van der Waals surface area (Å²) in [7, 11) is 0. The van der Waals surface area contributed by atoms with Crippen LogP contribution in [0.1, 0.15) is 17.9 Å². The highest BCUT2D eigenvalue weighted by Crippen LogP contribution is 2.21. The number of pyridine rings is 1. The maximum Gasteiger partial charge on any atom is 0.223 e. The zero-order valence-electron chi connectivity index (χ0n) is 16.1. The normalized spacial score (nSPS) is 14.9. The molecular formula is C22H23FN4O2. The monoisotopic (exact) mass is 394 g/mol. The summed E-state index contributed by atoms with van der Waals surface area (Å²) in [5.74, 6) is 0.932. The number of aromatic nitrogens is 2. The van der Waals surface area contributed by atoms with Gasteiger partial charge >= 0.3 is 0 Å². The summed E-state index contributed by atoms with van der Waals surface area (Å²) in [5, 5.41) is 0. The van der Waals surface area contributed by atoms with Crippen molar-refractivity contribution in [1.29, 1.82) is 0 Å². The van der Waals surface area contributed by atoms with Crippen LogP contribution in [0.4, 0.5) is 4.39 Å². The minimum Gasteiger partial charge on any atom is -0.441 e. The predicted molar refractivity (Wildman–Crippen MR) is 106 cm³/mol. The van der Waals surface area contributed by atoms with Crippen LogP contribution in [0, 0.1) is 5.82 Å². The maximum absolute atomic E-state index is 13.0. The number of benzene rings is 1. The Morgan fingerprint density at radius 3 is 2.48 bits per heavy atom. The van der Waals surface area contributed by atoms with Gasteiger partial charge in [-0.3, -0.25) is 14.7 Å². The fourth-order valence-electron chi connectivity index (χ4n) is 3.45. The largest absolute Gasteiger partial charge is 0.441 e. The Labute approximate surface area is 169 Å². The number of nitrogens with zero attached hydrogens (tertiary/aromatic N) is 4. The second-order valence-corrected chi connectivity index (χ2v) is 7.14. The van der Waals surface area contributed by atoms with Crippen molar-refractivity contribution in [1.82, 2.24) is 19.8 Å². The van der Waals surface area contributed by atoms with Crippen molar-refractivity contribution < 1.29 is 13.6 Å². The number of rotatable bonds is 6. The molecule has 0 aliphatic carbocycles. The van der Waals surface area contributed by atoms with E-state index in [4.69, 9.17) is 4.42 Å². The molecule has 0 N–H and O–H groups in total. The summed E-state index contributed by atoms with van der Waals surface area (Å²) in [6.07, 6.45) is 6.05. The molecule has 3 heterocycles. The second kappa shape index (κ2) is 8.96. The summed E-state index contributed by atoms with van der Waals surface area (Å²) in [4.78, 5) is 25.1. The molecule has 0 unspecified atom stereocenters. The number of oxazole rings is 1. The molecule has 1 saturated heterocycles. The van der Waals surface area contributed by atoms with Crippen LogP contribution in [-0.4, -0.2) is 51.9 Å². The lowest BCUT2D eigenvalue weighted by Crippen LogP contribution is -2.48. The quantitative estimate of drug-likeness (QED) is 0.643. The molecule has 0 radical (unpaired) electrons. The number of amides is 1. The van der Waals surface area contributed by atoms with E-state index in [0.717, 1.165) is 38.3 Å². The smallest absolute Gasteiger partial charge is 0.223 e. The van der Waals surface area contributed by atoms with E-state index in [-0.39, 0.29) is 11.7 Å². The molecule has 0 saturated carbocycles. The van der Waals surface area contributed by atoms with Gasteiger partial charge < -0.3 is 9.32 Å². The van der Waals surface area contributed by atoms with Crippen molar-refractivity contribution in [2.75, 3.05) is 26.2 Å². The summed E-state index contributed by atoms with van der Waals surface area (Å²) in [6.45, 7) is 4.07. The average Bonchev–Trinajstić information content (AvgIpc) is 3.23. The van der Waals surface area contributed by atoms with E-state index < -0.39 is 0 Å². The summed E-state index contributed by atoms with van der Waals surface area (Å²) in [6, 6.07) is 10.1. The third-order valence-corrected chi connectivity index (χ3v) is 5.12. The zero-order chi connectivity index (χ0) is 20.1. The van der Waals surface area contributed by atoms with Crippen LogP contribution in [0.25, 0.3) is 11.3 Å². The number of carbonyl (C=O) groups is 1. The number of hydrogen-bond acceptors (Lipinski definition) is 5. The Kier molecular flexibility index (Phi) is 5.95. The van der Waals surface area contributed by atoms with Crippen LogP contribution < -0.4 is 0 Å². The SMILES string of the molecule is O=C(CCc1ncc(-c2ccc(F)cc2)o1)N1CCN(Cc2ccncc2)CC1. The minimum atomic E-state index is -0.292. The van der Waals surface area contributed by atoms with Crippen molar-refractivity contribution in [3.8, 4) is 11.3 Å². The first-order chi connectivity index (χ1) is 14.2. The highest BCUT2D eigenvalue weighted by Gasteiger charge is 2.21. The maximum atomic E-state index is 13.0. The molecule has 1 aromatic carbocycles. The Morgan fingerprint density at radius 2 is 1.76 bits per heavy atom. The number of hydrogen-bond donors (Lipinski definition) is 0. The lowest BCUT2D eigenvalue weighted by atomic mass is 10.2. The van der Waals surface area contributed by atoms with Gasteiger partial charge in [-0.1, -0.05) is 0 Å². The molecular weight excluding hydrogens is 371 g/mol. The van der Waals surface area contributed by atoms with Gasteiger partial charge in [0.05, 0.1) is 6.20 Å². The zero-order valence-corrected chi connectivity index (χ0v) is 16.1. The summed E-state index contributed by atoms with van der Waals surface area (Å²) >= 11 is 0. The second-order valence-electron chi connectivity index (χ2n) is 7.14. The van der Waals surface area contributed by atoms with Crippen LogP contribution in [0.3, 0.4) is 0 Å². The number of carbonyl (C=O) groups excluding carboxylic acids is 1. The van der Waals surface area contributed by atoms with Crippen molar-refractivity contribution in [2.45, 2.75) is 19.4 Å². The van der Waals surface area contributed by atoms with Crippen LogP contribution in [0.5, 0.6) is 0 Å². The molecule has 150 valence electrons. The third kappa shape index (κ3) is 5.06. The van der Waals surface area contributed by atoms with E-state index in [2.05, 4.69) is 14.9 Å². The molecule has 4 rings (SSSR count). The van der Waals surface area contributed by atoms with Crippen LogP contribution >= 0.6 is 0 Å². The Bertz CT molecular complexity index is 935. The molecule has 3 aromatic rings. The van der Waals surface area contributed by atoms with E-state index in [1.165, 1.54) is 17.7 Å². The summed E-state index contributed by atoms with van der Waals surface area (Å²) in [5.41, 5.74) is 2.00. The molecule has 29 heavy (non-hydrogen) atoms. The van der Waals surface area contributed by atoms with Gasteiger partial charge in [-0.2, -0.15) is 0 Å². The number of aryl methyl sites for hydroxylation is 1. The lowest BCUT2D eigenvalue weighted by Gasteiger charge is -2.34. The van der Waals surface area contributed by atoms with Gasteiger partial charge in [0.2, 0.25) is 5.91 Å². The van der Waals surface area contributed by atoms with E-state index in [1.54, 1.807) is 30.7 Å². The Balaban J connectivity index is 1.24. The van der Waals surface area contributed by atoms with E-state index in [9.17, 15) is 9.18 Å². The van der Waals surface area contributed by atoms with Gasteiger partial charge in [0, 0.05) is 63.5 Å². The molecule has 2 aromatic heterocycles. The highest BCUT2D eigenvalue weighted by atomic mass is 19.1. The van der Waals surface area contributed by atoms with Gasteiger partial charge in [-0.25, -0.2) is 9.37 Å². The first-order valence-corrected chi connectivity index (χ1v) is 9.77. The third-order valence-electron chi connectivity index (χ3n) is 5.12. The van der Waals surface area contributed by atoms with Crippen molar-refractivity contribution in [3.05, 3.63) is 72.3 Å². The molecule has 6 nitrogen and oxygen atoms in total. The van der Waals surface area contributed by atoms with Gasteiger partial charge in [0.1, 0.15) is 5.82 Å². The van der Waals surface area contributed by atoms with Gasteiger partial charge in [0.15, 0.2) is 11.7 Å². The number of piperazine rings is 1. The fourth-order valence-corrected chi connectivity index (χ4v) is 3.45. The van der Waals surface area contributed by atoms with Crippen LogP contribution in [0.15, 0.2) is 59.4 Å². The minimum absolute atomic E-state index is 0.120. The van der Waals surface area contributed by atoms with Crippen LogP contribution in [-0.2, 0) is 17.8 Å². The first-order valence-electron chi connectivity index (χ1n) is 9.77. The van der Waals surface area contributed by atoms with E-state index in [1.807, 2.05) is 17.0 Å². The van der Waals surface area contributed by atoms with E-state index in [0.29, 0.717) is 24.5 Å². The molecule has 1 aliphatic rings. The van der Waals surface area contributed by atoms with Crippen molar-refractivity contribution in [2.24, 2.45) is 0 Å². The Morgan fingerprint density at radius 1 is 1.03 bits per heavy atom.